The molecule has 0 fully saturated rings. The minimum atomic E-state index is -3.65. The lowest BCUT2D eigenvalue weighted by Gasteiger charge is -2.18. The summed E-state index contributed by atoms with van der Waals surface area (Å²) in [6.45, 7) is 0.213. The van der Waals surface area contributed by atoms with Gasteiger partial charge in [-0.05, 0) is 60.0 Å². The maximum absolute atomic E-state index is 12.6. The maximum Gasteiger partial charge on any atom is 0.240 e. The van der Waals surface area contributed by atoms with Crippen LogP contribution in [0, 0.1) is 0 Å². The van der Waals surface area contributed by atoms with Gasteiger partial charge in [-0.1, -0.05) is 29.8 Å². The molecule has 0 bridgehead atoms. The van der Waals surface area contributed by atoms with E-state index in [9.17, 15) is 13.5 Å². The second-order valence-electron chi connectivity index (χ2n) is 6.16. The second-order valence-corrected chi connectivity index (χ2v) is 8.36. The normalized spacial score (nSPS) is 12.6. The summed E-state index contributed by atoms with van der Waals surface area (Å²) < 4.78 is 27.8. The van der Waals surface area contributed by atoms with Crippen LogP contribution in [0.1, 0.15) is 17.0 Å². The number of nitrogens with one attached hydrogen (secondary N) is 1. The van der Waals surface area contributed by atoms with Crippen molar-refractivity contribution in [2.45, 2.75) is 17.2 Å². The second kappa shape index (κ2) is 8.52. The van der Waals surface area contributed by atoms with E-state index < -0.39 is 10.0 Å². The number of hydrogen-bond donors (Lipinski definition) is 2. The molecule has 140 valence electrons. The molecule has 1 atom stereocenters. The monoisotopic (exact) mass is 402 g/mol. The number of phenolic OH excluding ortho intramolecular Hbond substituents is 1. The Morgan fingerprint density at radius 3 is 2.37 bits per heavy atom. The average molecular weight is 403 g/mol. The highest BCUT2D eigenvalue weighted by molar-refractivity contribution is 7.89. The number of nitrogens with zero attached hydrogens (tertiary/aromatic N) is 1. The van der Waals surface area contributed by atoms with Crippen LogP contribution in [-0.4, -0.2) is 25.1 Å². The molecule has 0 spiro atoms. The quantitative estimate of drug-likeness (QED) is 0.630. The van der Waals surface area contributed by atoms with E-state index in [0.717, 1.165) is 11.1 Å². The summed E-state index contributed by atoms with van der Waals surface area (Å²) >= 11 is 5.83. The van der Waals surface area contributed by atoms with Gasteiger partial charge in [-0.15, -0.1) is 0 Å². The van der Waals surface area contributed by atoms with E-state index in [1.54, 1.807) is 48.8 Å². The van der Waals surface area contributed by atoms with Crippen LogP contribution in [0.15, 0.2) is 78.0 Å². The van der Waals surface area contributed by atoms with Crippen molar-refractivity contribution in [3.63, 3.8) is 0 Å². The van der Waals surface area contributed by atoms with Crippen molar-refractivity contribution in [1.29, 1.82) is 0 Å². The molecule has 5 nitrogen and oxygen atoms in total. The molecule has 0 amide bonds. The van der Waals surface area contributed by atoms with Crippen molar-refractivity contribution >= 4 is 21.6 Å². The third-order valence-corrected chi connectivity index (χ3v) is 5.90. The van der Waals surface area contributed by atoms with Gasteiger partial charge in [0.2, 0.25) is 10.0 Å². The van der Waals surface area contributed by atoms with E-state index >= 15 is 0 Å². The zero-order valence-corrected chi connectivity index (χ0v) is 16.0. The fourth-order valence-corrected chi connectivity index (χ4v) is 3.97. The number of phenols is 1. The Morgan fingerprint density at radius 1 is 1.04 bits per heavy atom. The van der Waals surface area contributed by atoms with Gasteiger partial charge in [0.15, 0.2) is 0 Å². The van der Waals surface area contributed by atoms with Crippen LogP contribution >= 0.6 is 11.6 Å². The first-order valence-electron chi connectivity index (χ1n) is 8.37. The first kappa shape index (κ1) is 19.4. The third-order valence-electron chi connectivity index (χ3n) is 4.21. The Bertz CT molecular complexity index is 976. The van der Waals surface area contributed by atoms with Gasteiger partial charge in [0.25, 0.3) is 0 Å². The predicted molar refractivity (Wildman–Crippen MR) is 105 cm³/mol. The molecule has 27 heavy (non-hydrogen) atoms. The van der Waals surface area contributed by atoms with Gasteiger partial charge >= 0.3 is 0 Å². The molecular formula is C20H19ClN2O3S. The van der Waals surface area contributed by atoms with E-state index in [1.165, 1.54) is 12.1 Å². The minimum Gasteiger partial charge on any atom is -0.508 e. The van der Waals surface area contributed by atoms with Crippen molar-refractivity contribution in [1.82, 2.24) is 9.71 Å². The Balaban J connectivity index is 1.80. The number of sulfonamides is 1. The lowest BCUT2D eigenvalue weighted by molar-refractivity contribution is 0.474. The molecule has 3 aromatic rings. The molecule has 0 aliphatic carbocycles. The van der Waals surface area contributed by atoms with E-state index in [2.05, 4.69) is 9.71 Å². The zero-order valence-electron chi connectivity index (χ0n) is 14.4. The molecule has 0 saturated carbocycles. The molecule has 1 aromatic heterocycles. The third kappa shape index (κ3) is 5.29. The van der Waals surface area contributed by atoms with Gasteiger partial charge in [-0.25, -0.2) is 13.1 Å². The van der Waals surface area contributed by atoms with Crippen LogP contribution in [0.2, 0.25) is 5.02 Å². The number of rotatable bonds is 7. The Labute approximate surface area is 163 Å². The summed E-state index contributed by atoms with van der Waals surface area (Å²) in [7, 11) is -3.65. The standard InChI is InChI=1S/C20H19ClN2O3S/c21-18-5-9-20(10-6-18)27(25,26)23-14-17(12-15-2-1-11-22-13-15)16-3-7-19(24)8-4-16/h1-11,13,17,23-24H,12,14H2. The lowest BCUT2D eigenvalue weighted by atomic mass is 9.93. The van der Waals surface area contributed by atoms with Crippen LogP contribution in [0.4, 0.5) is 0 Å². The van der Waals surface area contributed by atoms with E-state index in [4.69, 9.17) is 11.6 Å². The van der Waals surface area contributed by atoms with Gasteiger partial charge in [0, 0.05) is 29.9 Å². The summed E-state index contributed by atoms with van der Waals surface area (Å²) in [5, 5.41) is 10.0. The largest absolute Gasteiger partial charge is 0.508 e. The highest BCUT2D eigenvalue weighted by Crippen LogP contribution is 2.23. The SMILES string of the molecule is O=S(=O)(NCC(Cc1cccnc1)c1ccc(O)cc1)c1ccc(Cl)cc1. The van der Waals surface area contributed by atoms with Gasteiger partial charge in [-0.3, -0.25) is 4.98 Å². The fraction of sp³-hybridized carbons (Fsp3) is 0.150. The first-order valence-corrected chi connectivity index (χ1v) is 10.2. The van der Waals surface area contributed by atoms with Crippen molar-refractivity contribution in [3.8, 4) is 5.75 Å². The highest BCUT2D eigenvalue weighted by Gasteiger charge is 2.19. The smallest absolute Gasteiger partial charge is 0.240 e. The van der Waals surface area contributed by atoms with Crippen molar-refractivity contribution < 1.29 is 13.5 Å². The molecule has 2 aromatic carbocycles. The molecule has 1 unspecified atom stereocenters. The number of aromatic hydroxyl groups is 1. The van der Waals surface area contributed by atoms with Gasteiger partial charge in [-0.2, -0.15) is 0 Å². The Kier molecular flexibility index (Phi) is 6.11. The molecule has 3 rings (SSSR count). The van der Waals surface area contributed by atoms with Gasteiger partial charge in [0.05, 0.1) is 4.90 Å². The fourth-order valence-electron chi connectivity index (χ4n) is 2.77. The lowest BCUT2D eigenvalue weighted by Crippen LogP contribution is -2.29. The molecule has 0 aliphatic heterocycles. The molecule has 7 heteroatoms. The van der Waals surface area contributed by atoms with Crippen LogP contribution in [-0.2, 0) is 16.4 Å². The summed E-state index contributed by atoms with van der Waals surface area (Å²) in [5.74, 6) is 0.0532. The maximum atomic E-state index is 12.6. The number of hydrogen-bond acceptors (Lipinski definition) is 4. The highest BCUT2D eigenvalue weighted by atomic mass is 35.5. The average Bonchev–Trinajstić information content (AvgIpc) is 2.67. The minimum absolute atomic E-state index is 0.114. The van der Waals surface area contributed by atoms with Crippen LogP contribution in [0.25, 0.3) is 0 Å². The predicted octanol–water partition coefficient (Wildman–Crippen LogP) is 3.75. The van der Waals surface area contributed by atoms with E-state index in [-0.39, 0.29) is 23.1 Å². The summed E-state index contributed by atoms with van der Waals surface area (Å²) in [6, 6.07) is 16.6. The summed E-state index contributed by atoms with van der Waals surface area (Å²) in [5.41, 5.74) is 1.93. The Hall–Kier alpha value is -2.41. The van der Waals surface area contributed by atoms with E-state index in [0.29, 0.717) is 11.4 Å². The van der Waals surface area contributed by atoms with E-state index in [1.807, 2.05) is 12.1 Å². The molecule has 2 N–H and O–H groups in total. The zero-order chi connectivity index (χ0) is 19.3. The topological polar surface area (TPSA) is 79.3 Å². The number of halogens is 1. The number of benzene rings is 2. The summed E-state index contributed by atoms with van der Waals surface area (Å²) in [4.78, 5) is 4.28. The molecule has 0 saturated heterocycles. The van der Waals surface area contributed by atoms with Gasteiger partial charge < -0.3 is 5.11 Å². The molecular weight excluding hydrogens is 384 g/mol. The number of aromatic nitrogens is 1. The Morgan fingerprint density at radius 2 is 1.74 bits per heavy atom. The molecule has 0 radical (unpaired) electrons. The molecule has 0 aliphatic rings. The van der Waals surface area contributed by atoms with Gasteiger partial charge in [0.1, 0.15) is 5.75 Å². The molecule has 1 heterocycles. The van der Waals surface area contributed by atoms with Crippen LogP contribution in [0.5, 0.6) is 5.75 Å². The number of pyridine rings is 1. The summed E-state index contributed by atoms with van der Waals surface area (Å²) in [6.07, 6.45) is 4.07. The van der Waals surface area contributed by atoms with Crippen molar-refractivity contribution in [2.24, 2.45) is 0 Å². The van der Waals surface area contributed by atoms with Crippen molar-refractivity contribution in [3.05, 3.63) is 89.2 Å². The van der Waals surface area contributed by atoms with Crippen LogP contribution < -0.4 is 4.72 Å². The van der Waals surface area contributed by atoms with Crippen LogP contribution in [0.3, 0.4) is 0 Å². The van der Waals surface area contributed by atoms with Crippen molar-refractivity contribution in [2.75, 3.05) is 6.54 Å². The first-order chi connectivity index (χ1) is 12.9.